The number of aromatic hydroxyl groups is 1. The highest BCUT2D eigenvalue weighted by Crippen LogP contribution is 2.52. The minimum atomic E-state index is -0.275. The Morgan fingerprint density at radius 3 is 2.46 bits per heavy atom. The summed E-state index contributed by atoms with van der Waals surface area (Å²) >= 11 is 5.93. The number of nitrogens with zero attached hydrogens (tertiary/aromatic N) is 2. The van der Waals surface area contributed by atoms with Crippen molar-refractivity contribution in [2.24, 2.45) is 28.8 Å². The fourth-order valence-corrected chi connectivity index (χ4v) is 4.17. The summed E-state index contributed by atoms with van der Waals surface area (Å²) in [7, 11) is 1.41. The number of hydrogen-bond acceptors (Lipinski definition) is 5. The number of imide groups is 1. The molecule has 2 amide bonds. The topological polar surface area (TPSA) is 79.2 Å². The van der Waals surface area contributed by atoms with E-state index >= 15 is 0 Å². The number of fused-ring (bicyclic) bond motifs is 5. The molecule has 0 unspecified atom stereocenters. The number of carbonyl (C=O) groups is 2. The lowest BCUT2D eigenvalue weighted by Crippen LogP contribution is -2.28. The van der Waals surface area contributed by atoms with Crippen LogP contribution < -0.4 is 4.74 Å². The van der Waals surface area contributed by atoms with Gasteiger partial charge in [0.25, 0.3) is 11.8 Å². The van der Waals surface area contributed by atoms with Gasteiger partial charge in [0.1, 0.15) is 0 Å². The van der Waals surface area contributed by atoms with E-state index in [1.54, 1.807) is 0 Å². The molecule has 1 saturated carbocycles. The van der Waals surface area contributed by atoms with Gasteiger partial charge in [-0.2, -0.15) is 10.1 Å². The summed E-state index contributed by atoms with van der Waals surface area (Å²) < 4.78 is 5.03. The molecule has 24 heavy (non-hydrogen) atoms. The Balaban J connectivity index is 1.60. The first-order chi connectivity index (χ1) is 11.5. The van der Waals surface area contributed by atoms with Crippen molar-refractivity contribution in [3.8, 4) is 11.5 Å². The second-order valence-electron chi connectivity index (χ2n) is 6.29. The largest absolute Gasteiger partial charge is 0.503 e. The number of ether oxygens (including phenoxy) is 1. The fraction of sp³-hybridized carbons (Fsp3) is 0.353. The van der Waals surface area contributed by atoms with E-state index in [9.17, 15) is 14.7 Å². The van der Waals surface area contributed by atoms with Gasteiger partial charge in [0, 0.05) is 0 Å². The third-order valence-electron chi connectivity index (χ3n) is 5.04. The van der Waals surface area contributed by atoms with Gasteiger partial charge in [-0.15, -0.1) is 0 Å². The summed E-state index contributed by atoms with van der Waals surface area (Å²) in [4.78, 5) is 25.0. The molecule has 1 N–H and O–H groups in total. The Morgan fingerprint density at radius 2 is 1.88 bits per heavy atom. The molecular weight excluding hydrogens is 332 g/mol. The molecule has 1 aliphatic heterocycles. The minimum absolute atomic E-state index is 0.106. The first kappa shape index (κ1) is 15.2. The van der Waals surface area contributed by atoms with Gasteiger partial charge in [0.15, 0.2) is 11.5 Å². The number of benzene rings is 1. The third kappa shape index (κ3) is 2.06. The standard InChI is InChI=1S/C17H15ClN2O4/c1-24-12-5-8(4-11(18)15(12)21)7-19-20-16(22)13-9-2-3-10(6-9)14(13)17(20)23/h2-5,7,9-10,13-14,21H,6H2,1H3/t9-,10-,13-,14+/m0/s1. The van der Waals surface area contributed by atoms with Crippen LogP contribution in [-0.4, -0.2) is 35.3 Å². The monoisotopic (exact) mass is 346 g/mol. The van der Waals surface area contributed by atoms with Gasteiger partial charge >= 0.3 is 0 Å². The average Bonchev–Trinajstić information content (AvgIpc) is 3.23. The van der Waals surface area contributed by atoms with Gasteiger partial charge < -0.3 is 9.84 Å². The van der Waals surface area contributed by atoms with Gasteiger partial charge in [0.05, 0.1) is 30.2 Å². The van der Waals surface area contributed by atoms with E-state index in [1.165, 1.54) is 25.5 Å². The number of phenolic OH excluding ortho intramolecular Hbond substituents is 1. The minimum Gasteiger partial charge on any atom is -0.503 e. The Bertz CT molecular complexity index is 774. The van der Waals surface area contributed by atoms with Gasteiger partial charge in [-0.25, -0.2) is 0 Å². The van der Waals surface area contributed by atoms with Crippen molar-refractivity contribution < 1.29 is 19.4 Å². The summed E-state index contributed by atoms with van der Waals surface area (Å²) in [6.07, 6.45) is 6.33. The van der Waals surface area contributed by atoms with Crippen LogP contribution in [0.5, 0.6) is 11.5 Å². The number of methoxy groups -OCH3 is 1. The zero-order valence-corrected chi connectivity index (χ0v) is 13.6. The van der Waals surface area contributed by atoms with Crippen molar-refractivity contribution in [3.05, 3.63) is 34.9 Å². The number of rotatable bonds is 3. The average molecular weight is 347 g/mol. The van der Waals surface area contributed by atoms with E-state index in [0.717, 1.165) is 11.4 Å². The predicted molar refractivity (Wildman–Crippen MR) is 86.8 cm³/mol. The molecule has 1 aromatic rings. The zero-order valence-electron chi connectivity index (χ0n) is 12.8. The van der Waals surface area contributed by atoms with Crippen LogP contribution in [0, 0.1) is 23.7 Å². The maximum atomic E-state index is 12.5. The van der Waals surface area contributed by atoms with Gasteiger partial charge in [-0.05, 0) is 36.0 Å². The van der Waals surface area contributed by atoms with E-state index in [1.807, 2.05) is 12.2 Å². The second kappa shape index (κ2) is 5.34. The molecule has 0 aromatic heterocycles. The molecule has 4 atom stereocenters. The van der Waals surface area contributed by atoms with Crippen molar-refractivity contribution in [2.45, 2.75) is 6.42 Å². The highest BCUT2D eigenvalue weighted by molar-refractivity contribution is 6.32. The molecule has 0 spiro atoms. The van der Waals surface area contributed by atoms with Crippen LogP contribution in [0.3, 0.4) is 0 Å². The molecule has 2 fully saturated rings. The van der Waals surface area contributed by atoms with Crippen molar-refractivity contribution in [2.75, 3.05) is 7.11 Å². The Labute approximate surface area is 143 Å². The fourth-order valence-electron chi connectivity index (χ4n) is 3.95. The van der Waals surface area contributed by atoms with Gasteiger partial charge in [-0.1, -0.05) is 23.8 Å². The van der Waals surface area contributed by atoms with Crippen LogP contribution >= 0.6 is 11.6 Å². The highest BCUT2D eigenvalue weighted by atomic mass is 35.5. The summed E-state index contributed by atoms with van der Waals surface area (Å²) in [6.45, 7) is 0. The maximum Gasteiger partial charge on any atom is 0.254 e. The molecule has 124 valence electrons. The van der Waals surface area contributed by atoms with E-state index in [0.29, 0.717) is 5.56 Å². The predicted octanol–water partition coefficient (Wildman–Crippen LogP) is 2.20. The summed E-state index contributed by atoms with van der Waals surface area (Å²) in [6, 6.07) is 3.02. The van der Waals surface area contributed by atoms with Crippen LogP contribution in [0.15, 0.2) is 29.4 Å². The Hall–Kier alpha value is -2.34. The molecule has 7 heteroatoms. The first-order valence-corrected chi connectivity index (χ1v) is 8.05. The van der Waals surface area contributed by atoms with E-state index < -0.39 is 0 Å². The number of carbonyl (C=O) groups excluding carboxylic acids is 2. The molecule has 2 bridgehead atoms. The van der Waals surface area contributed by atoms with Crippen LogP contribution in [0.4, 0.5) is 0 Å². The number of phenols is 1. The molecule has 1 aromatic carbocycles. The van der Waals surface area contributed by atoms with Gasteiger partial charge in [0.2, 0.25) is 0 Å². The maximum absolute atomic E-state index is 12.5. The van der Waals surface area contributed by atoms with Crippen molar-refractivity contribution in [3.63, 3.8) is 0 Å². The van der Waals surface area contributed by atoms with Crippen LogP contribution in [0.25, 0.3) is 0 Å². The number of allylic oxidation sites excluding steroid dienone is 2. The normalized spacial score (nSPS) is 30.7. The van der Waals surface area contributed by atoms with Crippen LogP contribution in [0.2, 0.25) is 5.02 Å². The number of hydrogen-bond donors (Lipinski definition) is 1. The second-order valence-corrected chi connectivity index (χ2v) is 6.69. The summed E-state index contributed by atoms with van der Waals surface area (Å²) in [5.41, 5.74) is 0.522. The van der Waals surface area contributed by atoms with Gasteiger partial charge in [-0.3, -0.25) is 9.59 Å². The molecule has 6 nitrogen and oxygen atoms in total. The van der Waals surface area contributed by atoms with E-state index in [-0.39, 0.29) is 52.0 Å². The number of amides is 2. The van der Waals surface area contributed by atoms with Crippen LogP contribution in [0.1, 0.15) is 12.0 Å². The molecular formula is C17H15ClN2O4. The molecule has 4 rings (SSSR count). The van der Waals surface area contributed by atoms with E-state index in [4.69, 9.17) is 16.3 Å². The summed E-state index contributed by atoms with van der Waals surface area (Å²) in [5.74, 6) is -0.696. The zero-order chi connectivity index (χ0) is 17.0. The number of hydrazone groups is 1. The smallest absolute Gasteiger partial charge is 0.254 e. The quantitative estimate of drug-likeness (QED) is 0.517. The van der Waals surface area contributed by atoms with Crippen molar-refractivity contribution in [1.82, 2.24) is 5.01 Å². The molecule has 3 aliphatic rings. The summed E-state index contributed by atoms with van der Waals surface area (Å²) in [5, 5.41) is 14.9. The molecule has 2 aliphatic carbocycles. The first-order valence-electron chi connectivity index (χ1n) is 7.68. The highest BCUT2D eigenvalue weighted by Gasteiger charge is 2.59. The van der Waals surface area contributed by atoms with Crippen molar-refractivity contribution in [1.29, 1.82) is 0 Å². The van der Waals surface area contributed by atoms with Crippen molar-refractivity contribution >= 4 is 29.6 Å². The lowest BCUT2D eigenvalue weighted by molar-refractivity contribution is -0.140. The Morgan fingerprint density at radius 1 is 1.25 bits per heavy atom. The lowest BCUT2D eigenvalue weighted by atomic mass is 9.85. The Kier molecular flexibility index (Phi) is 3.38. The lowest BCUT2D eigenvalue weighted by Gasteiger charge is -2.13. The SMILES string of the molecule is COc1cc(C=NN2C(=O)[C@@H]3[C@H](C2=O)[C@H]2C=C[C@H]3C2)cc(Cl)c1O. The molecule has 1 saturated heterocycles. The van der Waals surface area contributed by atoms with E-state index in [2.05, 4.69) is 5.10 Å². The molecule has 1 heterocycles. The van der Waals surface area contributed by atoms with Crippen LogP contribution in [-0.2, 0) is 9.59 Å². The third-order valence-corrected chi connectivity index (χ3v) is 5.33. The molecule has 0 radical (unpaired) electrons. The number of halogens is 1.